The third kappa shape index (κ3) is 4.81. The lowest BCUT2D eigenvalue weighted by Gasteiger charge is -2.30. The Hall–Kier alpha value is -2.28. The lowest BCUT2D eigenvalue weighted by atomic mass is 9.97. The molecule has 170 valence electrons. The third-order valence-electron chi connectivity index (χ3n) is 5.41. The van der Waals surface area contributed by atoms with Crippen LogP contribution in [0.15, 0.2) is 32.5 Å². The van der Waals surface area contributed by atoms with Gasteiger partial charge in [0.2, 0.25) is 26.0 Å². The van der Waals surface area contributed by atoms with Crippen LogP contribution >= 0.6 is 0 Å². The largest absolute Gasteiger partial charge is 0.360 e. The summed E-state index contributed by atoms with van der Waals surface area (Å²) < 4.78 is 55.8. The van der Waals surface area contributed by atoms with Crippen molar-refractivity contribution in [1.82, 2.24) is 9.46 Å². The van der Waals surface area contributed by atoms with Crippen LogP contribution < -0.4 is 10.5 Å². The first kappa shape index (κ1) is 23.4. The number of carbonyl (C=O) groups excluding carboxylic acids is 1. The Morgan fingerprint density at radius 3 is 2.39 bits per heavy atom. The summed E-state index contributed by atoms with van der Waals surface area (Å²) in [5.74, 6) is -0.461. The average Bonchev–Trinajstić information content (AvgIpc) is 3.06. The van der Waals surface area contributed by atoms with E-state index in [0.29, 0.717) is 36.2 Å². The lowest BCUT2D eigenvalue weighted by molar-refractivity contribution is -0.120. The van der Waals surface area contributed by atoms with Gasteiger partial charge in [-0.15, -0.1) is 0 Å². The van der Waals surface area contributed by atoms with Crippen LogP contribution in [0.1, 0.15) is 36.8 Å². The van der Waals surface area contributed by atoms with Gasteiger partial charge in [-0.25, -0.2) is 22.0 Å². The molecule has 31 heavy (non-hydrogen) atoms. The second-order valence-corrected chi connectivity index (χ2v) is 10.9. The molecule has 0 bridgehead atoms. The van der Waals surface area contributed by atoms with Gasteiger partial charge in [0.05, 0.1) is 4.90 Å². The van der Waals surface area contributed by atoms with Gasteiger partial charge in [0.15, 0.2) is 5.76 Å². The fourth-order valence-corrected chi connectivity index (χ4v) is 6.39. The Morgan fingerprint density at radius 1 is 1.23 bits per heavy atom. The van der Waals surface area contributed by atoms with Gasteiger partial charge in [-0.3, -0.25) is 4.79 Å². The number of benzene rings is 1. The number of nitrogens with zero attached hydrogens (tertiary/aromatic N) is 2. The lowest BCUT2D eigenvalue weighted by Crippen LogP contribution is -2.41. The van der Waals surface area contributed by atoms with Crippen molar-refractivity contribution in [3.63, 3.8) is 0 Å². The molecule has 3 N–H and O–H groups in total. The molecule has 0 aliphatic carbocycles. The van der Waals surface area contributed by atoms with Crippen LogP contribution in [0.4, 0.5) is 5.69 Å². The second kappa shape index (κ2) is 8.69. The van der Waals surface area contributed by atoms with Crippen molar-refractivity contribution in [2.24, 2.45) is 11.1 Å². The third-order valence-corrected chi connectivity index (χ3v) is 8.55. The molecular weight excluding hydrogens is 444 g/mol. The summed E-state index contributed by atoms with van der Waals surface area (Å²) in [6.45, 7) is 5.30. The fourth-order valence-electron chi connectivity index (χ4n) is 3.76. The number of rotatable bonds is 6. The van der Waals surface area contributed by atoms with Crippen LogP contribution in [0.2, 0.25) is 0 Å². The quantitative estimate of drug-likeness (QED) is 0.649. The highest BCUT2D eigenvalue weighted by molar-refractivity contribution is 7.89. The smallest absolute Gasteiger partial charge is 0.248 e. The number of hydrogen-bond donors (Lipinski definition) is 2. The molecule has 1 amide bonds. The first-order chi connectivity index (χ1) is 14.4. The van der Waals surface area contributed by atoms with Crippen LogP contribution in [0.3, 0.4) is 0 Å². The van der Waals surface area contributed by atoms with E-state index < -0.39 is 26.0 Å². The summed E-state index contributed by atoms with van der Waals surface area (Å²) >= 11 is 0. The van der Waals surface area contributed by atoms with Crippen LogP contribution in [0.5, 0.6) is 0 Å². The van der Waals surface area contributed by atoms with E-state index in [1.807, 2.05) is 6.92 Å². The zero-order chi connectivity index (χ0) is 23.0. The zero-order valence-electron chi connectivity index (χ0n) is 17.6. The Kier molecular flexibility index (Phi) is 6.56. The van der Waals surface area contributed by atoms with E-state index in [1.165, 1.54) is 10.4 Å². The standard InChI is InChI=1S/C19H26N4O6S2/c1-4-14-5-6-16(11-17(14)30(20,25)26)21-19(24)15-7-9-23(10-8-15)31(27,28)18-12(2)22-29-13(18)3/h5-6,11,15H,4,7-10H2,1-3H3,(H,21,24)(H2,20,25,26). The second-order valence-electron chi connectivity index (χ2n) is 7.54. The number of aryl methyl sites for hydroxylation is 3. The van der Waals surface area contributed by atoms with Gasteiger partial charge in [-0.05, 0) is 50.8 Å². The summed E-state index contributed by atoms with van der Waals surface area (Å²) in [6.07, 6.45) is 1.16. The molecule has 0 saturated carbocycles. The van der Waals surface area contributed by atoms with Gasteiger partial charge in [-0.2, -0.15) is 4.31 Å². The van der Waals surface area contributed by atoms with Gasteiger partial charge in [0.1, 0.15) is 10.6 Å². The summed E-state index contributed by atoms with van der Waals surface area (Å²) in [4.78, 5) is 12.7. The molecule has 10 nitrogen and oxygen atoms in total. The first-order valence-electron chi connectivity index (χ1n) is 9.84. The molecule has 1 aromatic heterocycles. The molecule has 0 atom stereocenters. The molecule has 2 aromatic rings. The molecule has 1 aliphatic heterocycles. The number of amides is 1. The molecule has 0 spiro atoms. The maximum atomic E-state index is 12.9. The predicted octanol–water partition coefficient (Wildman–Crippen LogP) is 1.54. The fraction of sp³-hybridized carbons (Fsp3) is 0.474. The monoisotopic (exact) mass is 470 g/mol. The van der Waals surface area contributed by atoms with Crippen molar-refractivity contribution in [3.05, 3.63) is 35.2 Å². The van der Waals surface area contributed by atoms with E-state index in [1.54, 1.807) is 26.0 Å². The van der Waals surface area contributed by atoms with E-state index >= 15 is 0 Å². The summed E-state index contributed by atoms with van der Waals surface area (Å²) in [7, 11) is -7.67. The highest BCUT2D eigenvalue weighted by atomic mass is 32.2. The maximum Gasteiger partial charge on any atom is 0.248 e. The molecule has 3 rings (SSSR count). The summed E-state index contributed by atoms with van der Waals surface area (Å²) in [5, 5.41) is 11.7. The molecule has 12 heteroatoms. The van der Waals surface area contributed by atoms with Gasteiger partial charge in [0, 0.05) is 24.7 Å². The van der Waals surface area contributed by atoms with E-state index in [0.717, 1.165) is 0 Å². The number of primary sulfonamides is 1. The van der Waals surface area contributed by atoms with Gasteiger partial charge < -0.3 is 9.84 Å². The Bertz CT molecular complexity index is 1180. The highest BCUT2D eigenvalue weighted by Crippen LogP contribution is 2.28. The predicted molar refractivity (Wildman–Crippen MR) is 113 cm³/mol. The Balaban J connectivity index is 1.69. The van der Waals surface area contributed by atoms with Crippen LogP contribution in [0.25, 0.3) is 0 Å². The minimum absolute atomic E-state index is 0.0202. The molecule has 1 aromatic carbocycles. The van der Waals surface area contributed by atoms with E-state index in [-0.39, 0.29) is 34.5 Å². The topological polar surface area (TPSA) is 153 Å². The minimum Gasteiger partial charge on any atom is -0.360 e. The van der Waals surface area contributed by atoms with Crippen molar-refractivity contribution in [3.8, 4) is 0 Å². The van der Waals surface area contributed by atoms with Crippen molar-refractivity contribution in [1.29, 1.82) is 0 Å². The van der Waals surface area contributed by atoms with Crippen LogP contribution in [0, 0.1) is 19.8 Å². The average molecular weight is 471 g/mol. The Morgan fingerprint density at radius 2 is 1.87 bits per heavy atom. The van der Waals surface area contributed by atoms with E-state index in [2.05, 4.69) is 10.5 Å². The van der Waals surface area contributed by atoms with Crippen molar-refractivity contribution >= 4 is 31.6 Å². The number of aromatic nitrogens is 1. The first-order valence-corrected chi connectivity index (χ1v) is 12.8. The highest BCUT2D eigenvalue weighted by Gasteiger charge is 2.35. The van der Waals surface area contributed by atoms with E-state index in [4.69, 9.17) is 9.66 Å². The molecular formula is C19H26N4O6S2. The molecule has 1 aliphatic rings. The Labute approximate surface area is 181 Å². The number of sulfonamides is 2. The van der Waals surface area contributed by atoms with Crippen molar-refractivity contribution in [2.75, 3.05) is 18.4 Å². The van der Waals surface area contributed by atoms with Gasteiger partial charge >= 0.3 is 0 Å². The number of anilines is 1. The number of piperidine rings is 1. The number of nitrogens with two attached hydrogens (primary N) is 1. The molecule has 0 radical (unpaired) electrons. The molecule has 1 saturated heterocycles. The normalized spacial score (nSPS) is 16.4. The molecule has 1 fully saturated rings. The number of hydrogen-bond acceptors (Lipinski definition) is 7. The van der Waals surface area contributed by atoms with E-state index in [9.17, 15) is 21.6 Å². The summed E-state index contributed by atoms with van der Waals surface area (Å²) in [5.41, 5.74) is 1.20. The minimum atomic E-state index is -3.92. The van der Waals surface area contributed by atoms with Gasteiger partial charge in [0.25, 0.3) is 0 Å². The number of carbonyl (C=O) groups is 1. The maximum absolute atomic E-state index is 12.9. The molecule has 0 unspecified atom stereocenters. The van der Waals surface area contributed by atoms with Crippen LogP contribution in [-0.4, -0.2) is 45.3 Å². The SMILES string of the molecule is CCc1ccc(NC(=O)C2CCN(S(=O)(=O)c3c(C)noc3C)CC2)cc1S(N)(=O)=O. The van der Waals surface area contributed by atoms with Crippen molar-refractivity contribution < 1.29 is 26.2 Å². The van der Waals surface area contributed by atoms with Crippen molar-refractivity contribution in [2.45, 2.75) is 49.8 Å². The molecule has 2 heterocycles. The number of nitrogens with one attached hydrogen (secondary N) is 1. The zero-order valence-corrected chi connectivity index (χ0v) is 19.2. The van der Waals surface area contributed by atoms with Crippen LogP contribution in [-0.2, 0) is 31.3 Å². The summed E-state index contributed by atoms with van der Waals surface area (Å²) in [6, 6.07) is 4.60. The van der Waals surface area contributed by atoms with Gasteiger partial charge in [-0.1, -0.05) is 18.1 Å².